The lowest BCUT2D eigenvalue weighted by atomic mass is 10.0. The van der Waals surface area contributed by atoms with Crippen molar-refractivity contribution in [2.75, 3.05) is 6.54 Å². The Bertz CT molecular complexity index is 766. The lowest BCUT2D eigenvalue weighted by Crippen LogP contribution is -2.24. The highest BCUT2D eigenvalue weighted by atomic mass is 32.2. The Morgan fingerprint density at radius 3 is 2.30 bits per heavy atom. The Morgan fingerprint density at radius 2 is 1.70 bits per heavy atom. The Morgan fingerprint density at radius 1 is 1.09 bits per heavy atom. The molecule has 0 radical (unpaired) electrons. The molecule has 0 aliphatic heterocycles. The second kappa shape index (κ2) is 7.53. The third-order valence-corrected chi connectivity index (χ3v) is 5.01. The fourth-order valence-corrected chi connectivity index (χ4v) is 3.21. The second-order valence-corrected chi connectivity index (χ2v) is 7.19. The van der Waals surface area contributed by atoms with Gasteiger partial charge in [0.1, 0.15) is 5.82 Å². The van der Waals surface area contributed by atoms with Gasteiger partial charge in [0, 0.05) is 6.54 Å². The van der Waals surface area contributed by atoms with Crippen LogP contribution >= 0.6 is 0 Å². The minimum absolute atomic E-state index is 0.264. The van der Waals surface area contributed by atoms with Gasteiger partial charge in [0.05, 0.1) is 4.90 Å². The number of rotatable bonds is 7. The first-order valence-corrected chi connectivity index (χ1v) is 8.87. The van der Waals surface area contributed by atoms with Gasteiger partial charge >= 0.3 is 0 Å². The van der Waals surface area contributed by atoms with Crippen LogP contribution in [-0.2, 0) is 10.0 Å². The zero-order valence-corrected chi connectivity index (χ0v) is 13.9. The fraction of sp³-hybridized carbons (Fsp3) is 0.222. The molecule has 0 bridgehead atoms. The van der Waals surface area contributed by atoms with Gasteiger partial charge in [0.25, 0.3) is 0 Å². The molecule has 0 unspecified atom stereocenters. The average molecular weight is 333 g/mol. The highest BCUT2D eigenvalue weighted by molar-refractivity contribution is 7.89. The molecular weight excluding hydrogens is 313 g/mol. The van der Waals surface area contributed by atoms with E-state index in [1.807, 2.05) is 6.92 Å². The van der Waals surface area contributed by atoms with Crippen molar-refractivity contribution in [1.29, 1.82) is 0 Å². The molecule has 23 heavy (non-hydrogen) atoms. The van der Waals surface area contributed by atoms with Crippen LogP contribution in [0.3, 0.4) is 0 Å². The summed E-state index contributed by atoms with van der Waals surface area (Å²) in [6.07, 6.45) is 1.27. The van der Waals surface area contributed by atoms with Gasteiger partial charge in [-0.1, -0.05) is 36.4 Å². The molecule has 2 aromatic carbocycles. The highest BCUT2D eigenvalue weighted by Gasteiger charge is 2.12. The van der Waals surface area contributed by atoms with Crippen molar-refractivity contribution in [1.82, 2.24) is 4.72 Å². The van der Waals surface area contributed by atoms with Crippen LogP contribution in [-0.4, -0.2) is 15.0 Å². The molecule has 0 heterocycles. The van der Waals surface area contributed by atoms with Crippen molar-refractivity contribution in [2.24, 2.45) is 0 Å². The van der Waals surface area contributed by atoms with Gasteiger partial charge in [-0.2, -0.15) is 0 Å². The largest absolute Gasteiger partial charge is 0.240 e. The van der Waals surface area contributed by atoms with Crippen molar-refractivity contribution in [3.05, 3.63) is 72.1 Å². The molecule has 0 aromatic heterocycles. The van der Waals surface area contributed by atoms with E-state index >= 15 is 0 Å². The van der Waals surface area contributed by atoms with Gasteiger partial charge < -0.3 is 0 Å². The summed E-state index contributed by atoms with van der Waals surface area (Å²) in [5.41, 5.74) is 2.74. The summed E-state index contributed by atoms with van der Waals surface area (Å²) in [7, 11) is -3.47. The van der Waals surface area contributed by atoms with Crippen molar-refractivity contribution in [3.63, 3.8) is 0 Å². The van der Waals surface area contributed by atoms with Crippen LogP contribution in [0.15, 0.2) is 60.0 Å². The van der Waals surface area contributed by atoms with Crippen LogP contribution in [0, 0.1) is 12.7 Å². The van der Waals surface area contributed by atoms with E-state index in [0.717, 1.165) is 16.7 Å². The van der Waals surface area contributed by atoms with Crippen LogP contribution in [0.2, 0.25) is 0 Å². The molecule has 0 fully saturated rings. The number of hydrogen-bond donors (Lipinski definition) is 1. The van der Waals surface area contributed by atoms with Crippen LogP contribution < -0.4 is 4.72 Å². The highest BCUT2D eigenvalue weighted by Crippen LogP contribution is 2.18. The molecular formula is C18H20FNO2S. The third kappa shape index (κ3) is 5.01. The predicted molar refractivity (Wildman–Crippen MR) is 91.0 cm³/mol. The number of nitrogens with one attached hydrogen (secondary N) is 1. The van der Waals surface area contributed by atoms with Crippen LogP contribution in [0.5, 0.6) is 0 Å². The Hall–Kier alpha value is -1.98. The summed E-state index contributed by atoms with van der Waals surface area (Å²) < 4.78 is 39.7. The van der Waals surface area contributed by atoms with E-state index in [4.69, 9.17) is 0 Å². The number of halogens is 1. The van der Waals surface area contributed by atoms with Gasteiger partial charge in [-0.15, -0.1) is 0 Å². The number of hydrogen-bond acceptors (Lipinski definition) is 2. The summed E-state index contributed by atoms with van der Waals surface area (Å²) in [5, 5.41) is 0. The maximum absolute atomic E-state index is 12.9. The first-order valence-electron chi connectivity index (χ1n) is 7.38. The Labute approximate surface area is 136 Å². The molecule has 5 heteroatoms. The topological polar surface area (TPSA) is 46.2 Å². The molecule has 1 N–H and O–H groups in total. The van der Waals surface area contributed by atoms with E-state index in [1.54, 1.807) is 36.4 Å². The summed E-state index contributed by atoms with van der Waals surface area (Å²) in [4.78, 5) is 0.264. The molecule has 0 aliphatic carbocycles. The quantitative estimate of drug-likeness (QED) is 0.781. The molecule has 2 rings (SSSR count). The van der Waals surface area contributed by atoms with Crippen molar-refractivity contribution >= 4 is 15.6 Å². The molecule has 2 aromatic rings. The zero-order chi connectivity index (χ0) is 16.9. The van der Waals surface area contributed by atoms with E-state index in [-0.39, 0.29) is 10.7 Å². The number of sulfonamides is 1. The van der Waals surface area contributed by atoms with Gasteiger partial charge in [-0.05, 0) is 55.2 Å². The van der Waals surface area contributed by atoms with Gasteiger partial charge in [0.2, 0.25) is 10.0 Å². The first-order chi connectivity index (χ1) is 10.9. The molecule has 0 aliphatic rings. The smallest absolute Gasteiger partial charge is 0.211 e. The van der Waals surface area contributed by atoms with Crippen LogP contribution in [0.4, 0.5) is 4.39 Å². The maximum Gasteiger partial charge on any atom is 0.240 e. The molecule has 0 saturated carbocycles. The van der Waals surface area contributed by atoms with E-state index in [9.17, 15) is 12.8 Å². The maximum atomic E-state index is 12.9. The molecule has 3 nitrogen and oxygen atoms in total. The second-order valence-electron chi connectivity index (χ2n) is 5.42. The zero-order valence-electron chi connectivity index (χ0n) is 13.0. The van der Waals surface area contributed by atoms with Crippen LogP contribution in [0.1, 0.15) is 24.0 Å². The minimum Gasteiger partial charge on any atom is -0.211 e. The first kappa shape index (κ1) is 17.4. The molecule has 0 amide bonds. The fourth-order valence-electron chi connectivity index (χ4n) is 2.14. The summed E-state index contributed by atoms with van der Waals surface area (Å²) in [5.74, 6) is -0.285. The molecule has 0 saturated heterocycles. The monoisotopic (exact) mass is 333 g/mol. The summed E-state index contributed by atoms with van der Waals surface area (Å²) >= 11 is 0. The number of allylic oxidation sites excluding steroid dienone is 1. The van der Waals surface area contributed by atoms with Crippen LogP contribution in [0.25, 0.3) is 5.57 Å². The summed E-state index contributed by atoms with van der Waals surface area (Å²) in [6, 6.07) is 12.9. The van der Waals surface area contributed by atoms with Crippen molar-refractivity contribution < 1.29 is 12.8 Å². The Balaban J connectivity index is 1.83. The normalized spacial score (nSPS) is 11.4. The number of aryl methyl sites for hydroxylation is 1. The van der Waals surface area contributed by atoms with E-state index in [2.05, 4.69) is 11.3 Å². The van der Waals surface area contributed by atoms with Crippen molar-refractivity contribution in [3.8, 4) is 0 Å². The van der Waals surface area contributed by atoms with Gasteiger partial charge in [-0.25, -0.2) is 17.5 Å². The standard InChI is InChI=1S/C18H20FNO2S/c1-14-5-11-18(12-6-14)23(21,22)20-13-3-4-15(2)16-7-9-17(19)10-8-16/h5-12,20H,2-4,13H2,1H3. The van der Waals surface area contributed by atoms with Gasteiger partial charge in [0.15, 0.2) is 0 Å². The molecule has 0 atom stereocenters. The Kier molecular flexibility index (Phi) is 5.69. The predicted octanol–water partition coefficient (Wildman–Crippen LogP) is 3.91. The molecule has 122 valence electrons. The average Bonchev–Trinajstić information content (AvgIpc) is 2.52. The van der Waals surface area contributed by atoms with E-state index < -0.39 is 10.0 Å². The van der Waals surface area contributed by atoms with Crippen molar-refractivity contribution in [2.45, 2.75) is 24.7 Å². The lowest BCUT2D eigenvalue weighted by Gasteiger charge is -2.08. The van der Waals surface area contributed by atoms with Gasteiger partial charge in [-0.3, -0.25) is 0 Å². The summed E-state index contributed by atoms with van der Waals surface area (Å²) in [6.45, 7) is 6.19. The van der Waals surface area contributed by atoms with E-state index in [0.29, 0.717) is 19.4 Å². The number of benzene rings is 2. The lowest BCUT2D eigenvalue weighted by molar-refractivity contribution is 0.579. The minimum atomic E-state index is -3.47. The third-order valence-electron chi connectivity index (χ3n) is 3.53. The van der Waals surface area contributed by atoms with E-state index in [1.165, 1.54) is 12.1 Å². The SMILES string of the molecule is C=C(CCCNS(=O)(=O)c1ccc(C)cc1)c1ccc(F)cc1. The molecule has 0 spiro atoms.